The second kappa shape index (κ2) is 15.1. The third-order valence-corrected chi connectivity index (χ3v) is 12.7. The van der Waals surface area contributed by atoms with Gasteiger partial charge in [0.15, 0.2) is 0 Å². The Labute approximate surface area is 301 Å². The summed E-state index contributed by atoms with van der Waals surface area (Å²) in [7, 11) is -7.37. The molecule has 4 aromatic rings. The lowest BCUT2D eigenvalue weighted by Gasteiger charge is -2.37. The van der Waals surface area contributed by atoms with Crippen LogP contribution in [0.15, 0.2) is 107 Å². The van der Waals surface area contributed by atoms with Crippen LogP contribution in [0.1, 0.15) is 0 Å². The first-order chi connectivity index (χ1) is 23.9. The summed E-state index contributed by atoms with van der Waals surface area (Å²) < 4.78 is 67.4. The molecule has 0 atom stereocenters. The van der Waals surface area contributed by atoms with Crippen LogP contribution in [0.5, 0.6) is 11.5 Å². The van der Waals surface area contributed by atoms with Crippen molar-refractivity contribution in [1.82, 2.24) is 8.61 Å². The molecule has 50 heavy (non-hydrogen) atoms. The van der Waals surface area contributed by atoms with E-state index >= 15 is 0 Å². The number of hydrogen-bond acceptors (Lipinski definition) is 9. The van der Waals surface area contributed by atoms with Crippen molar-refractivity contribution in [3.8, 4) is 11.5 Å². The van der Waals surface area contributed by atoms with E-state index in [0.29, 0.717) is 47.6 Å². The van der Waals surface area contributed by atoms with E-state index in [1.165, 1.54) is 8.61 Å². The molecule has 0 bridgehead atoms. The number of aliphatic carboxylic acids is 1. The number of piperazine rings is 2. The SMILES string of the molecule is O=C(O)C(Oc1ccc(Cl)cc1N1CCN(S(=O)(=O)c2ccccc2)CC1)Oc1ccc(Cl)cc1N1CCN(S(=O)(=O)c2ccccc2)CC1. The molecule has 2 fully saturated rings. The highest BCUT2D eigenvalue weighted by molar-refractivity contribution is 7.89. The van der Waals surface area contributed by atoms with Gasteiger partial charge in [0, 0.05) is 62.4 Å². The summed E-state index contributed by atoms with van der Waals surface area (Å²) in [6, 6.07) is 25.9. The highest BCUT2D eigenvalue weighted by Crippen LogP contribution is 2.37. The number of carboxylic acid groups (broad SMARTS) is 1. The van der Waals surface area contributed by atoms with Gasteiger partial charge < -0.3 is 24.4 Å². The van der Waals surface area contributed by atoms with E-state index in [-0.39, 0.29) is 47.5 Å². The van der Waals surface area contributed by atoms with Gasteiger partial charge in [0.2, 0.25) is 20.0 Å². The molecule has 0 saturated carbocycles. The van der Waals surface area contributed by atoms with Gasteiger partial charge in [-0.05, 0) is 60.7 Å². The first-order valence-electron chi connectivity index (χ1n) is 15.7. The third kappa shape index (κ3) is 7.80. The molecule has 2 aliphatic heterocycles. The van der Waals surface area contributed by atoms with E-state index in [9.17, 15) is 26.7 Å². The number of ether oxygens (including phenoxy) is 2. The van der Waals surface area contributed by atoms with Crippen LogP contribution in [-0.2, 0) is 24.8 Å². The van der Waals surface area contributed by atoms with Gasteiger partial charge >= 0.3 is 12.3 Å². The van der Waals surface area contributed by atoms with Gasteiger partial charge in [-0.15, -0.1) is 0 Å². The zero-order valence-corrected chi connectivity index (χ0v) is 29.8. The molecule has 0 spiro atoms. The maximum Gasteiger partial charge on any atom is 0.387 e. The maximum atomic E-state index is 13.2. The number of anilines is 2. The first kappa shape index (κ1) is 35.8. The molecule has 0 unspecified atom stereocenters. The lowest BCUT2D eigenvalue weighted by atomic mass is 10.2. The minimum atomic E-state index is -3.68. The van der Waals surface area contributed by atoms with Gasteiger partial charge in [0.25, 0.3) is 0 Å². The number of sulfonamides is 2. The number of rotatable bonds is 11. The fourth-order valence-corrected chi connectivity index (χ4v) is 9.07. The van der Waals surface area contributed by atoms with E-state index in [4.69, 9.17) is 32.7 Å². The van der Waals surface area contributed by atoms with Gasteiger partial charge in [-0.1, -0.05) is 59.6 Å². The molecule has 0 aromatic heterocycles. The van der Waals surface area contributed by atoms with E-state index in [2.05, 4.69) is 0 Å². The molecule has 0 amide bonds. The number of benzene rings is 4. The Morgan fingerprint density at radius 1 is 0.580 bits per heavy atom. The van der Waals surface area contributed by atoms with Crippen LogP contribution < -0.4 is 19.3 Å². The van der Waals surface area contributed by atoms with Gasteiger partial charge in [-0.25, -0.2) is 21.6 Å². The number of carbonyl (C=O) groups is 1. The van der Waals surface area contributed by atoms with Crippen LogP contribution in [0.25, 0.3) is 0 Å². The molecule has 2 saturated heterocycles. The Bertz CT molecular complexity index is 1900. The average Bonchev–Trinajstić information content (AvgIpc) is 3.13. The topological polar surface area (TPSA) is 137 Å². The van der Waals surface area contributed by atoms with Crippen LogP contribution in [0, 0.1) is 0 Å². The smallest absolute Gasteiger partial charge is 0.387 e. The first-order valence-corrected chi connectivity index (χ1v) is 19.3. The van der Waals surface area contributed by atoms with Crippen molar-refractivity contribution in [3.05, 3.63) is 107 Å². The number of hydrogen-bond donors (Lipinski definition) is 1. The maximum absolute atomic E-state index is 13.2. The van der Waals surface area contributed by atoms with Crippen molar-refractivity contribution in [2.45, 2.75) is 16.1 Å². The van der Waals surface area contributed by atoms with E-state index in [1.54, 1.807) is 97.1 Å². The number of carboxylic acids is 1. The lowest BCUT2D eigenvalue weighted by Crippen LogP contribution is -2.49. The predicted molar refractivity (Wildman–Crippen MR) is 190 cm³/mol. The summed E-state index contributed by atoms with van der Waals surface area (Å²) in [6.45, 7) is 1.96. The third-order valence-electron chi connectivity index (χ3n) is 8.43. The summed E-state index contributed by atoms with van der Waals surface area (Å²) in [5.41, 5.74) is 0.965. The predicted octanol–water partition coefficient (Wildman–Crippen LogP) is 4.88. The van der Waals surface area contributed by atoms with Crippen LogP contribution in [0.2, 0.25) is 10.0 Å². The number of halogens is 2. The Morgan fingerprint density at radius 3 is 1.28 bits per heavy atom. The molecule has 0 aliphatic carbocycles. The fourth-order valence-electron chi connectivity index (χ4n) is 5.85. The largest absolute Gasteiger partial charge is 0.476 e. The Hall–Kier alpha value is -4.05. The van der Waals surface area contributed by atoms with Crippen molar-refractivity contribution in [3.63, 3.8) is 0 Å². The molecule has 1 N–H and O–H groups in total. The van der Waals surface area contributed by atoms with E-state index in [1.807, 2.05) is 9.80 Å². The van der Waals surface area contributed by atoms with Crippen molar-refractivity contribution >= 4 is 60.6 Å². The molecule has 0 radical (unpaired) electrons. The molecule has 6 rings (SSSR count). The fraction of sp³-hybridized carbons (Fsp3) is 0.265. The molecule has 12 nitrogen and oxygen atoms in total. The summed E-state index contributed by atoms with van der Waals surface area (Å²) >= 11 is 12.7. The second-order valence-electron chi connectivity index (χ2n) is 11.5. The standard InChI is InChI=1S/C34H34Cl2N4O8S2/c35-25-11-13-31(29(23-25)37-15-19-39(20-16-37)49(43,44)27-7-3-1-4-8-27)47-34(33(41)42)48-32-14-12-26(36)24-30(32)38-17-21-40(22-18-38)50(45,46)28-9-5-2-6-10-28/h1-14,23-24,34H,15-22H2,(H,41,42). The average molecular weight is 762 g/mol. The van der Waals surface area contributed by atoms with Gasteiger partial charge in [0.1, 0.15) is 11.5 Å². The zero-order chi connectivity index (χ0) is 35.5. The molecule has 2 heterocycles. The summed E-state index contributed by atoms with van der Waals surface area (Å²) in [5.74, 6) is -1.04. The Morgan fingerprint density at radius 2 is 0.940 bits per heavy atom. The molecule has 4 aromatic carbocycles. The molecular weight excluding hydrogens is 727 g/mol. The van der Waals surface area contributed by atoms with Crippen LogP contribution in [0.3, 0.4) is 0 Å². The Balaban J connectivity index is 1.17. The van der Waals surface area contributed by atoms with Crippen molar-refractivity contribution in [2.24, 2.45) is 0 Å². The second-order valence-corrected chi connectivity index (χ2v) is 16.3. The highest BCUT2D eigenvalue weighted by atomic mass is 35.5. The van der Waals surface area contributed by atoms with Crippen LogP contribution in [-0.4, -0.2) is 95.2 Å². The Kier molecular flexibility index (Phi) is 10.8. The quantitative estimate of drug-likeness (QED) is 0.211. The minimum absolute atomic E-state index is 0.177. The van der Waals surface area contributed by atoms with E-state index in [0.717, 1.165) is 0 Å². The molecule has 2 aliphatic rings. The molecule has 264 valence electrons. The van der Waals surface area contributed by atoms with Gasteiger partial charge in [-0.2, -0.15) is 8.61 Å². The van der Waals surface area contributed by atoms with Crippen molar-refractivity contribution < 1.29 is 36.2 Å². The monoisotopic (exact) mass is 760 g/mol. The summed E-state index contributed by atoms with van der Waals surface area (Å²) in [4.78, 5) is 16.7. The summed E-state index contributed by atoms with van der Waals surface area (Å²) in [5, 5.41) is 11.0. The minimum Gasteiger partial charge on any atom is -0.476 e. The molecule has 16 heteroatoms. The van der Waals surface area contributed by atoms with Crippen LogP contribution in [0.4, 0.5) is 11.4 Å². The normalized spacial score (nSPS) is 16.4. The van der Waals surface area contributed by atoms with Crippen molar-refractivity contribution in [1.29, 1.82) is 0 Å². The zero-order valence-electron chi connectivity index (χ0n) is 26.6. The van der Waals surface area contributed by atoms with Crippen LogP contribution >= 0.6 is 23.2 Å². The number of nitrogens with zero attached hydrogens (tertiary/aromatic N) is 4. The van der Waals surface area contributed by atoms with Gasteiger partial charge in [0.05, 0.1) is 21.2 Å². The molecular formula is C34H34Cl2N4O8S2. The van der Waals surface area contributed by atoms with Gasteiger partial charge in [-0.3, -0.25) is 0 Å². The lowest BCUT2D eigenvalue weighted by molar-refractivity contribution is -0.158. The van der Waals surface area contributed by atoms with Crippen molar-refractivity contribution in [2.75, 3.05) is 62.2 Å². The van der Waals surface area contributed by atoms with E-state index < -0.39 is 32.3 Å². The summed E-state index contributed by atoms with van der Waals surface area (Å²) in [6.07, 6.45) is -1.80. The highest BCUT2D eigenvalue weighted by Gasteiger charge is 2.33.